The Morgan fingerprint density at radius 1 is 0.852 bits per heavy atom. The highest BCUT2D eigenvalue weighted by atomic mass is 16.2. The molecule has 0 radical (unpaired) electrons. The molecule has 0 aromatic heterocycles. The van der Waals surface area contributed by atoms with Gasteiger partial charge in [-0.2, -0.15) is 0 Å². The summed E-state index contributed by atoms with van der Waals surface area (Å²) in [5.41, 5.74) is 3.00. The number of hydrogen-bond donors (Lipinski definition) is 0. The van der Waals surface area contributed by atoms with E-state index in [1.54, 1.807) is 0 Å². The fraction of sp³-hybridized carbons (Fsp3) is 0.364. The SMILES string of the molecule is CCc1ccc(N2C(=O)[C@H]3[C@@H](C2=O)N2CCCN2[C@@H]3c2ccccc2)cc1. The molecule has 5 rings (SSSR count). The van der Waals surface area contributed by atoms with Crippen LogP contribution < -0.4 is 4.90 Å². The second-order valence-corrected chi connectivity index (χ2v) is 7.54. The van der Waals surface area contributed by atoms with Gasteiger partial charge in [-0.3, -0.25) is 9.59 Å². The van der Waals surface area contributed by atoms with Gasteiger partial charge in [0.05, 0.1) is 17.6 Å². The van der Waals surface area contributed by atoms with Crippen LogP contribution in [0.1, 0.15) is 30.5 Å². The van der Waals surface area contributed by atoms with E-state index in [2.05, 4.69) is 29.1 Å². The Labute approximate surface area is 159 Å². The average molecular weight is 361 g/mol. The number of carbonyl (C=O) groups excluding carboxylic acids is 2. The van der Waals surface area contributed by atoms with E-state index >= 15 is 0 Å². The van der Waals surface area contributed by atoms with Crippen LogP contribution in [0.25, 0.3) is 0 Å². The van der Waals surface area contributed by atoms with Crippen molar-refractivity contribution in [3.05, 3.63) is 65.7 Å². The minimum Gasteiger partial charge on any atom is -0.274 e. The summed E-state index contributed by atoms with van der Waals surface area (Å²) in [6, 6.07) is 17.5. The quantitative estimate of drug-likeness (QED) is 0.789. The highest BCUT2D eigenvalue weighted by Gasteiger charge is 2.62. The van der Waals surface area contributed by atoms with Crippen LogP contribution in [0.4, 0.5) is 5.69 Å². The first-order valence-electron chi connectivity index (χ1n) is 9.75. The fourth-order valence-electron chi connectivity index (χ4n) is 4.90. The summed E-state index contributed by atoms with van der Waals surface area (Å²) < 4.78 is 0. The van der Waals surface area contributed by atoms with Crippen molar-refractivity contribution in [3.63, 3.8) is 0 Å². The standard InChI is InChI=1S/C22H23N3O2/c1-2-15-9-11-17(12-10-15)25-21(26)18-19(16-7-4-3-5-8-16)23-13-6-14-24(23)20(18)22(25)27/h3-5,7-12,18-20H,2,6,13-14H2,1H3/t18-,19-,20+/m1/s1. The molecule has 3 fully saturated rings. The third kappa shape index (κ3) is 2.38. The molecule has 5 heteroatoms. The maximum atomic E-state index is 13.4. The highest BCUT2D eigenvalue weighted by Crippen LogP contribution is 2.48. The topological polar surface area (TPSA) is 43.9 Å². The zero-order valence-electron chi connectivity index (χ0n) is 15.4. The Balaban J connectivity index is 1.55. The van der Waals surface area contributed by atoms with Gasteiger partial charge < -0.3 is 0 Å². The Morgan fingerprint density at radius 2 is 1.52 bits per heavy atom. The van der Waals surface area contributed by atoms with Crippen molar-refractivity contribution in [1.29, 1.82) is 0 Å². The number of imide groups is 1. The van der Waals surface area contributed by atoms with Crippen LogP contribution in [0.2, 0.25) is 0 Å². The van der Waals surface area contributed by atoms with Gasteiger partial charge in [-0.1, -0.05) is 49.4 Å². The van der Waals surface area contributed by atoms with Gasteiger partial charge in [0, 0.05) is 13.1 Å². The number of hydrazine groups is 1. The summed E-state index contributed by atoms with van der Waals surface area (Å²) in [7, 11) is 0. The summed E-state index contributed by atoms with van der Waals surface area (Å²) in [5, 5.41) is 4.39. The number of nitrogens with zero attached hydrogens (tertiary/aromatic N) is 3. The Morgan fingerprint density at radius 3 is 2.19 bits per heavy atom. The monoisotopic (exact) mass is 361 g/mol. The first kappa shape index (κ1) is 16.7. The van der Waals surface area contributed by atoms with Crippen LogP contribution in [0.5, 0.6) is 0 Å². The van der Waals surface area contributed by atoms with Crippen molar-refractivity contribution in [2.24, 2.45) is 5.92 Å². The molecule has 3 saturated heterocycles. The third-order valence-electron chi connectivity index (χ3n) is 6.15. The first-order valence-corrected chi connectivity index (χ1v) is 9.75. The van der Waals surface area contributed by atoms with E-state index in [1.165, 1.54) is 10.5 Å². The molecule has 138 valence electrons. The first-order chi connectivity index (χ1) is 13.2. The van der Waals surface area contributed by atoms with E-state index in [0.29, 0.717) is 5.69 Å². The molecule has 0 saturated carbocycles. The maximum Gasteiger partial charge on any atom is 0.253 e. The minimum absolute atomic E-state index is 0.0601. The number of amides is 2. The maximum absolute atomic E-state index is 13.4. The van der Waals surface area contributed by atoms with Crippen molar-refractivity contribution in [3.8, 4) is 0 Å². The van der Waals surface area contributed by atoms with Gasteiger partial charge in [0.1, 0.15) is 6.04 Å². The summed E-state index contributed by atoms with van der Waals surface area (Å²) >= 11 is 0. The van der Waals surface area contributed by atoms with Gasteiger partial charge in [-0.15, -0.1) is 0 Å². The molecule has 3 heterocycles. The summed E-state index contributed by atoms with van der Waals surface area (Å²) in [6.07, 6.45) is 1.96. The molecule has 3 aliphatic heterocycles. The molecule has 0 spiro atoms. The van der Waals surface area contributed by atoms with Crippen LogP contribution >= 0.6 is 0 Å². The van der Waals surface area contributed by atoms with Crippen LogP contribution in [-0.2, 0) is 16.0 Å². The molecule has 3 aliphatic rings. The predicted octanol–water partition coefficient (Wildman–Crippen LogP) is 2.78. The van der Waals surface area contributed by atoms with Crippen molar-refractivity contribution in [2.75, 3.05) is 18.0 Å². The van der Waals surface area contributed by atoms with E-state index < -0.39 is 0 Å². The number of benzene rings is 2. The fourth-order valence-corrected chi connectivity index (χ4v) is 4.90. The van der Waals surface area contributed by atoms with E-state index in [1.807, 2.05) is 42.5 Å². The zero-order valence-corrected chi connectivity index (χ0v) is 15.4. The van der Waals surface area contributed by atoms with E-state index in [-0.39, 0.29) is 29.8 Å². The second kappa shape index (κ2) is 6.29. The lowest BCUT2D eigenvalue weighted by atomic mass is 9.90. The smallest absolute Gasteiger partial charge is 0.253 e. The molecular weight excluding hydrogens is 338 g/mol. The van der Waals surface area contributed by atoms with Gasteiger partial charge in [0.25, 0.3) is 5.91 Å². The van der Waals surface area contributed by atoms with Crippen molar-refractivity contribution < 1.29 is 9.59 Å². The molecule has 0 unspecified atom stereocenters. The van der Waals surface area contributed by atoms with Crippen molar-refractivity contribution >= 4 is 17.5 Å². The summed E-state index contributed by atoms with van der Waals surface area (Å²) in [6.45, 7) is 3.84. The van der Waals surface area contributed by atoms with Gasteiger partial charge in [-0.25, -0.2) is 14.9 Å². The zero-order chi connectivity index (χ0) is 18.5. The lowest BCUT2D eigenvalue weighted by molar-refractivity contribution is -0.126. The van der Waals surface area contributed by atoms with E-state index in [4.69, 9.17) is 0 Å². The van der Waals surface area contributed by atoms with Crippen LogP contribution in [-0.4, -0.2) is 41.0 Å². The van der Waals surface area contributed by atoms with E-state index in [9.17, 15) is 9.59 Å². The summed E-state index contributed by atoms with van der Waals surface area (Å²) in [4.78, 5) is 28.1. The highest BCUT2D eigenvalue weighted by molar-refractivity contribution is 6.24. The van der Waals surface area contributed by atoms with Gasteiger partial charge >= 0.3 is 0 Å². The second-order valence-electron chi connectivity index (χ2n) is 7.54. The third-order valence-corrected chi connectivity index (χ3v) is 6.15. The Hall–Kier alpha value is -2.50. The average Bonchev–Trinajstić information content (AvgIpc) is 3.35. The van der Waals surface area contributed by atoms with Gasteiger partial charge in [-0.05, 0) is 36.1 Å². The van der Waals surface area contributed by atoms with Crippen LogP contribution in [0.3, 0.4) is 0 Å². The molecule has 2 aromatic rings. The molecule has 0 aliphatic carbocycles. The number of carbonyl (C=O) groups is 2. The minimum atomic E-state index is -0.379. The Bertz CT molecular complexity index is 880. The Kier molecular flexibility index (Phi) is 3.88. The van der Waals surface area contributed by atoms with Crippen molar-refractivity contribution in [2.45, 2.75) is 31.8 Å². The molecule has 5 nitrogen and oxygen atoms in total. The molecule has 0 N–H and O–H groups in total. The molecule has 3 atom stereocenters. The predicted molar refractivity (Wildman–Crippen MR) is 103 cm³/mol. The van der Waals surface area contributed by atoms with Gasteiger partial charge in [0.2, 0.25) is 5.91 Å². The van der Waals surface area contributed by atoms with Crippen LogP contribution in [0, 0.1) is 5.92 Å². The van der Waals surface area contributed by atoms with Crippen molar-refractivity contribution in [1.82, 2.24) is 10.0 Å². The molecular formula is C22H23N3O2. The number of rotatable bonds is 3. The number of aryl methyl sites for hydroxylation is 1. The summed E-state index contributed by atoms with van der Waals surface area (Å²) in [5.74, 6) is -0.497. The van der Waals surface area contributed by atoms with Gasteiger partial charge in [0.15, 0.2) is 0 Å². The number of anilines is 1. The number of fused-ring (bicyclic) bond motifs is 3. The lowest BCUT2D eigenvalue weighted by Crippen LogP contribution is -2.44. The molecule has 2 aromatic carbocycles. The van der Waals surface area contributed by atoms with E-state index in [0.717, 1.165) is 31.5 Å². The number of hydrogen-bond acceptors (Lipinski definition) is 4. The molecule has 0 bridgehead atoms. The lowest BCUT2D eigenvalue weighted by Gasteiger charge is -2.29. The largest absolute Gasteiger partial charge is 0.274 e. The molecule has 2 amide bonds. The molecule has 27 heavy (non-hydrogen) atoms. The van der Waals surface area contributed by atoms with Crippen LogP contribution in [0.15, 0.2) is 54.6 Å². The normalized spacial score (nSPS) is 28.0.